The highest BCUT2D eigenvalue weighted by molar-refractivity contribution is 7.98. The quantitative estimate of drug-likeness (QED) is 0.875. The summed E-state index contributed by atoms with van der Waals surface area (Å²) in [6.07, 6.45) is 1.87. The van der Waals surface area contributed by atoms with Crippen LogP contribution >= 0.6 is 23.4 Å². The average molecular weight is 292 g/mol. The van der Waals surface area contributed by atoms with E-state index in [1.165, 1.54) is 23.9 Å². The third-order valence-corrected chi connectivity index (χ3v) is 3.48. The SMILES string of the molecule is CSCC(C)(O)CNC(=O)c1ccc(Cl)c(F)c1. The van der Waals surface area contributed by atoms with Crippen LogP contribution in [0.15, 0.2) is 18.2 Å². The van der Waals surface area contributed by atoms with Crippen LogP contribution in [0.3, 0.4) is 0 Å². The van der Waals surface area contributed by atoms with E-state index in [1.807, 2.05) is 6.26 Å². The monoisotopic (exact) mass is 291 g/mol. The van der Waals surface area contributed by atoms with E-state index >= 15 is 0 Å². The first-order chi connectivity index (χ1) is 8.35. The van der Waals surface area contributed by atoms with Gasteiger partial charge in [-0.05, 0) is 31.4 Å². The summed E-state index contributed by atoms with van der Waals surface area (Å²) in [5, 5.41) is 12.4. The Hall–Kier alpha value is -0.780. The largest absolute Gasteiger partial charge is 0.387 e. The molecule has 100 valence electrons. The van der Waals surface area contributed by atoms with Gasteiger partial charge in [0.2, 0.25) is 0 Å². The number of halogens is 2. The van der Waals surface area contributed by atoms with Crippen molar-refractivity contribution in [3.8, 4) is 0 Å². The minimum absolute atomic E-state index is 0.0269. The molecule has 3 nitrogen and oxygen atoms in total. The molecule has 0 bridgehead atoms. The Bertz CT molecular complexity index is 440. The van der Waals surface area contributed by atoms with Crippen LogP contribution in [0.1, 0.15) is 17.3 Å². The number of benzene rings is 1. The summed E-state index contributed by atoms with van der Waals surface area (Å²) in [4.78, 5) is 11.7. The Morgan fingerprint density at radius 3 is 2.83 bits per heavy atom. The lowest BCUT2D eigenvalue weighted by atomic mass is 10.1. The highest BCUT2D eigenvalue weighted by Gasteiger charge is 2.21. The van der Waals surface area contributed by atoms with Gasteiger partial charge in [0.25, 0.3) is 5.91 Å². The Kier molecular flexibility index (Phi) is 5.44. The number of carbonyl (C=O) groups is 1. The number of hydrogen-bond donors (Lipinski definition) is 2. The molecule has 0 fully saturated rings. The first-order valence-electron chi connectivity index (χ1n) is 5.30. The number of aliphatic hydroxyl groups is 1. The minimum Gasteiger partial charge on any atom is -0.387 e. The van der Waals surface area contributed by atoms with Crippen LogP contribution < -0.4 is 5.32 Å². The highest BCUT2D eigenvalue weighted by atomic mass is 35.5. The minimum atomic E-state index is -0.986. The molecular weight excluding hydrogens is 277 g/mol. The predicted molar refractivity (Wildman–Crippen MR) is 72.7 cm³/mol. The van der Waals surface area contributed by atoms with Crippen LogP contribution in [0.2, 0.25) is 5.02 Å². The Morgan fingerprint density at radius 1 is 1.61 bits per heavy atom. The summed E-state index contributed by atoms with van der Waals surface area (Å²) in [6.45, 7) is 1.74. The van der Waals surface area contributed by atoms with Gasteiger partial charge in [-0.1, -0.05) is 11.6 Å². The zero-order valence-electron chi connectivity index (χ0n) is 10.2. The number of nitrogens with one attached hydrogen (secondary N) is 1. The number of amides is 1. The number of thioether (sulfide) groups is 1. The van der Waals surface area contributed by atoms with E-state index in [-0.39, 0.29) is 17.1 Å². The van der Waals surface area contributed by atoms with E-state index in [4.69, 9.17) is 11.6 Å². The number of hydrogen-bond acceptors (Lipinski definition) is 3. The molecule has 1 unspecified atom stereocenters. The van der Waals surface area contributed by atoms with Gasteiger partial charge in [0.1, 0.15) is 5.82 Å². The van der Waals surface area contributed by atoms with Crippen LogP contribution in [0.4, 0.5) is 4.39 Å². The Morgan fingerprint density at radius 2 is 2.28 bits per heavy atom. The molecule has 1 rings (SSSR count). The predicted octanol–water partition coefficient (Wildman–Crippen LogP) is 2.32. The van der Waals surface area contributed by atoms with Gasteiger partial charge in [0.15, 0.2) is 0 Å². The van der Waals surface area contributed by atoms with Crippen LogP contribution in [-0.4, -0.2) is 35.2 Å². The van der Waals surface area contributed by atoms with Crippen LogP contribution in [0.5, 0.6) is 0 Å². The standard InChI is InChI=1S/C12H15ClFNO2S/c1-12(17,7-18-2)6-15-11(16)8-3-4-9(13)10(14)5-8/h3-5,17H,6-7H2,1-2H3,(H,15,16). The molecule has 0 saturated heterocycles. The van der Waals surface area contributed by atoms with E-state index in [0.29, 0.717) is 5.75 Å². The Balaban J connectivity index is 2.63. The molecule has 0 heterocycles. The molecule has 6 heteroatoms. The van der Waals surface area contributed by atoms with Crippen LogP contribution in [0.25, 0.3) is 0 Å². The fourth-order valence-corrected chi connectivity index (χ4v) is 2.21. The first kappa shape index (κ1) is 15.3. The molecule has 0 aromatic heterocycles. The number of rotatable bonds is 5. The van der Waals surface area contributed by atoms with Crippen molar-refractivity contribution in [1.29, 1.82) is 0 Å². The van der Waals surface area contributed by atoms with Crippen molar-refractivity contribution in [2.75, 3.05) is 18.6 Å². The van der Waals surface area contributed by atoms with E-state index < -0.39 is 17.3 Å². The van der Waals surface area contributed by atoms with Crippen molar-refractivity contribution in [3.63, 3.8) is 0 Å². The van der Waals surface area contributed by atoms with E-state index in [9.17, 15) is 14.3 Å². The van der Waals surface area contributed by atoms with E-state index in [1.54, 1.807) is 6.92 Å². The summed E-state index contributed by atoms with van der Waals surface area (Å²) < 4.78 is 13.2. The molecule has 0 saturated carbocycles. The zero-order chi connectivity index (χ0) is 13.8. The van der Waals surface area contributed by atoms with Gasteiger partial charge >= 0.3 is 0 Å². The third-order valence-electron chi connectivity index (χ3n) is 2.27. The second kappa shape index (κ2) is 6.41. The fraction of sp³-hybridized carbons (Fsp3) is 0.417. The maximum atomic E-state index is 13.2. The molecule has 0 aliphatic heterocycles. The summed E-state index contributed by atoms with van der Waals surface area (Å²) >= 11 is 7.01. The molecule has 0 radical (unpaired) electrons. The van der Waals surface area contributed by atoms with Crippen LogP contribution in [-0.2, 0) is 0 Å². The number of carbonyl (C=O) groups excluding carboxylic acids is 1. The van der Waals surface area contributed by atoms with Gasteiger partial charge in [0, 0.05) is 17.9 Å². The maximum absolute atomic E-state index is 13.2. The molecule has 1 aromatic carbocycles. The Labute approximate surface area is 115 Å². The second-order valence-electron chi connectivity index (χ2n) is 4.24. The molecule has 1 atom stereocenters. The normalized spacial score (nSPS) is 14.1. The molecule has 1 amide bonds. The molecule has 0 aliphatic carbocycles. The van der Waals surface area contributed by atoms with Crippen molar-refractivity contribution in [2.24, 2.45) is 0 Å². The van der Waals surface area contributed by atoms with Crippen molar-refractivity contribution in [2.45, 2.75) is 12.5 Å². The van der Waals surface area contributed by atoms with Gasteiger partial charge in [-0.2, -0.15) is 11.8 Å². The van der Waals surface area contributed by atoms with Crippen molar-refractivity contribution < 1.29 is 14.3 Å². The van der Waals surface area contributed by atoms with Crippen molar-refractivity contribution >= 4 is 29.3 Å². The zero-order valence-corrected chi connectivity index (χ0v) is 11.7. The lowest BCUT2D eigenvalue weighted by Crippen LogP contribution is -2.42. The average Bonchev–Trinajstić information content (AvgIpc) is 2.30. The summed E-state index contributed by atoms with van der Waals surface area (Å²) in [5.41, 5.74) is -0.808. The van der Waals surface area contributed by atoms with Gasteiger partial charge in [-0.25, -0.2) is 4.39 Å². The van der Waals surface area contributed by atoms with E-state index in [0.717, 1.165) is 6.07 Å². The third kappa shape index (κ3) is 4.48. The molecule has 0 spiro atoms. The molecule has 1 aromatic rings. The van der Waals surface area contributed by atoms with Crippen molar-refractivity contribution in [1.82, 2.24) is 5.32 Å². The van der Waals surface area contributed by atoms with Crippen molar-refractivity contribution in [3.05, 3.63) is 34.6 Å². The van der Waals surface area contributed by atoms with Crippen LogP contribution in [0, 0.1) is 5.82 Å². The van der Waals surface area contributed by atoms with Gasteiger partial charge in [0.05, 0.1) is 10.6 Å². The lowest BCUT2D eigenvalue weighted by molar-refractivity contribution is 0.0725. The van der Waals surface area contributed by atoms with Gasteiger partial charge in [-0.3, -0.25) is 4.79 Å². The molecule has 0 aliphatic rings. The molecule has 18 heavy (non-hydrogen) atoms. The molecule has 2 N–H and O–H groups in total. The van der Waals surface area contributed by atoms with Gasteiger partial charge in [-0.15, -0.1) is 0 Å². The van der Waals surface area contributed by atoms with Gasteiger partial charge < -0.3 is 10.4 Å². The smallest absolute Gasteiger partial charge is 0.251 e. The highest BCUT2D eigenvalue weighted by Crippen LogP contribution is 2.16. The maximum Gasteiger partial charge on any atom is 0.251 e. The fourth-order valence-electron chi connectivity index (χ4n) is 1.37. The molecular formula is C12H15ClFNO2S. The first-order valence-corrected chi connectivity index (χ1v) is 7.07. The van der Waals surface area contributed by atoms with E-state index in [2.05, 4.69) is 5.32 Å². The second-order valence-corrected chi connectivity index (χ2v) is 5.51. The summed E-state index contributed by atoms with van der Waals surface area (Å²) in [5.74, 6) is -0.574. The lowest BCUT2D eigenvalue weighted by Gasteiger charge is -2.22. The summed E-state index contributed by atoms with van der Waals surface area (Å²) in [6, 6.07) is 3.83. The topological polar surface area (TPSA) is 49.3 Å². The summed E-state index contributed by atoms with van der Waals surface area (Å²) in [7, 11) is 0.